The lowest BCUT2D eigenvalue weighted by atomic mass is 10.2. The van der Waals surface area contributed by atoms with Gasteiger partial charge >= 0.3 is 0 Å². The molecule has 2 N–H and O–H groups in total. The van der Waals surface area contributed by atoms with Gasteiger partial charge in [-0.1, -0.05) is 11.8 Å². The number of amides is 1. The van der Waals surface area contributed by atoms with Gasteiger partial charge in [0.2, 0.25) is 0 Å². The second-order valence-electron chi connectivity index (χ2n) is 4.95. The molecule has 1 aromatic heterocycles. The van der Waals surface area contributed by atoms with E-state index in [-0.39, 0.29) is 11.1 Å². The number of halogens is 1. The Kier molecular flexibility index (Phi) is 4.60. The molecule has 1 saturated heterocycles. The zero-order chi connectivity index (χ0) is 15.5. The molecule has 2 heterocycles. The fourth-order valence-electron chi connectivity index (χ4n) is 2.31. The minimum absolute atomic E-state index is 0.0162. The molecule has 0 aliphatic carbocycles. The Bertz CT molecular complexity index is 685. The number of nitrogens with zero attached hydrogens (tertiary/aromatic N) is 2. The maximum absolute atomic E-state index is 13.4. The van der Waals surface area contributed by atoms with Crippen LogP contribution in [0, 0.1) is 5.82 Å². The van der Waals surface area contributed by atoms with Gasteiger partial charge in [0, 0.05) is 31.5 Å². The molecule has 22 heavy (non-hydrogen) atoms. The van der Waals surface area contributed by atoms with Crippen molar-refractivity contribution in [3.05, 3.63) is 23.5 Å². The number of hydrogen-bond acceptors (Lipinski definition) is 6. The Balaban J connectivity index is 1.69. The van der Waals surface area contributed by atoms with Crippen LogP contribution in [-0.4, -0.2) is 54.4 Å². The van der Waals surface area contributed by atoms with Crippen LogP contribution in [-0.2, 0) is 4.74 Å². The summed E-state index contributed by atoms with van der Waals surface area (Å²) in [5.41, 5.74) is 5.80. The Labute approximate surface area is 130 Å². The van der Waals surface area contributed by atoms with Gasteiger partial charge in [-0.25, -0.2) is 9.37 Å². The Morgan fingerprint density at radius 3 is 2.91 bits per heavy atom. The van der Waals surface area contributed by atoms with Crippen LogP contribution in [0.1, 0.15) is 10.4 Å². The highest BCUT2D eigenvalue weighted by molar-refractivity contribution is 7.99. The largest absolute Gasteiger partial charge is 0.430 e. The summed E-state index contributed by atoms with van der Waals surface area (Å²) in [6.45, 7) is 4.25. The molecule has 0 atom stereocenters. The van der Waals surface area contributed by atoms with Crippen molar-refractivity contribution in [2.45, 2.75) is 5.22 Å². The van der Waals surface area contributed by atoms with Crippen molar-refractivity contribution in [1.82, 2.24) is 9.88 Å². The molecule has 2 aromatic rings. The topological polar surface area (TPSA) is 81.6 Å². The van der Waals surface area contributed by atoms with Gasteiger partial charge < -0.3 is 14.9 Å². The van der Waals surface area contributed by atoms with Crippen molar-refractivity contribution >= 4 is 28.8 Å². The average Bonchev–Trinajstić information content (AvgIpc) is 2.89. The highest BCUT2D eigenvalue weighted by Crippen LogP contribution is 2.27. The van der Waals surface area contributed by atoms with Gasteiger partial charge in [0.05, 0.1) is 18.8 Å². The van der Waals surface area contributed by atoms with Crippen LogP contribution in [0.25, 0.3) is 11.1 Å². The molecule has 0 radical (unpaired) electrons. The molecule has 1 aromatic carbocycles. The standard InChI is InChI=1S/C14H16FN3O3S/c15-9-7-10(13(16)19)12-11(8-9)17-14(21-12)22-6-3-18-1-4-20-5-2-18/h7-8H,1-6H2,(H2,16,19). The van der Waals surface area contributed by atoms with E-state index >= 15 is 0 Å². The number of oxazole rings is 1. The molecule has 0 spiro atoms. The van der Waals surface area contributed by atoms with Crippen molar-refractivity contribution < 1.29 is 18.3 Å². The number of morpholine rings is 1. The fourth-order valence-corrected chi connectivity index (χ4v) is 3.14. The molecule has 1 aliphatic heterocycles. The lowest BCUT2D eigenvalue weighted by Gasteiger charge is -2.25. The summed E-state index contributed by atoms with van der Waals surface area (Å²) < 4.78 is 24.3. The van der Waals surface area contributed by atoms with Crippen molar-refractivity contribution in [3.63, 3.8) is 0 Å². The van der Waals surface area contributed by atoms with Crippen LogP contribution >= 0.6 is 11.8 Å². The minimum atomic E-state index is -0.731. The highest BCUT2D eigenvalue weighted by atomic mass is 32.2. The predicted octanol–water partition coefficient (Wildman–Crippen LogP) is 1.49. The number of benzene rings is 1. The first-order valence-electron chi connectivity index (χ1n) is 6.96. The number of primary amides is 1. The highest BCUT2D eigenvalue weighted by Gasteiger charge is 2.16. The van der Waals surface area contributed by atoms with Gasteiger partial charge in [-0.2, -0.15) is 0 Å². The second kappa shape index (κ2) is 6.64. The summed E-state index contributed by atoms with van der Waals surface area (Å²) in [6, 6.07) is 2.30. The number of hydrogen-bond donors (Lipinski definition) is 1. The van der Waals surface area contributed by atoms with Gasteiger partial charge in [0.15, 0.2) is 5.58 Å². The van der Waals surface area contributed by atoms with Crippen LogP contribution in [0.2, 0.25) is 0 Å². The van der Waals surface area contributed by atoms with Gasteiger partial charge in [-0.15, -0.1) is 0 Å². The number of thioether (sulfide) groups is 1. The van der Waals surface area contributed by atoms with Crippen LogP contribution in [0.3, 0.4) is 0 Å². The number of fused-ring (bicyclic) bond motifs is 1. The Morgan fingerprint density at radius 2 is 2.18 bits per heavy atom. The van der Waals surface area contributed by atoms with E-state index in [0.717, 1.165) is 44.7 Å². The third-order valence-electron chi connectivity index (χ3n) is 3.44. The van der Waals surface area contributed by atoms with E-state index in [1.54, 1.807) is 0 Å². The Hall–Kier alpha value is -1.64. The second-order valence-corrected chi connectivity index (χ2v) is 5.99. The minimum Gasteiger partial charge on any atom is -0.430 e. The van der Waals surface area contributed by atoms with E-state index in [1.807, 2.05) is 0 Å². The molecular formula is C14H16FN3O3S. The molecular weight excluding hydrogens is 309 g/mol. The van der Waals surface area contributed by atoms with E-state index in [1.165, 1.54) is 17.8 Å². The number of carbonyl (C=O) groups is 1. The predicted molar refractivity (Wildman–Crippen MR) is 80.5 cm³/mol. The van der Waals surface area contributed by atoms with Crippen LogP contribution in [0.4, 0.5) is 4.39 Å². The molecule has 8 heteroatoms. The number of ether oxygens (including phenoxy) is 1. The quantitative estimate of drug-likeness (QED) is 0.839. The number of carbonyl (C=O) groups excluding carboxylic acids is 1. The molecule has 1 fully saturated rings. The van der Waals surface area contributed by atoms with Crippen molar-refractivity contribution in [1.29, 1.82) is 0 Å². The third-order valence-corrected chi connectivity index (χ3v) is 4.25. The van der Waals surface area contributed by atoms with Crippen molar-refractivity contribution in [3.8, 4) is 0 Å². The number of rotatable bonds is 5. The Morgan fingerprint density at radius 1 is 1.41 bits per heavy atom. The first-order valence-corrected chi connectivity index (χ1v) is 7.95. The van der Waals surface area contributed by atoms with Gasteiger partial charge in [-0.05, 0) is 6.07 Å². The molecule has 3 rings (SSSR count). The molecule has 0 unspecified atom stereocenters. The third kappa shape index (κ3) is 3.40. The molecule has 1 aliphatic rings. The molecule has 1 amide bonds. The summed E-state index contributed by atoms with van der Waals surface area (Å²) in [4.78, 5) is 17.8. The fraction of sp³-hybridized carbons (Fsp3) is 0.429. The molecule has 0 saturated carbocycles. The van der Waals surface area contributed by atoms with E-state index in [2.05, 4.69) is 9.88 Å². The summed E-state index contributed by atoms with van der Waals surface area (Å²) in [5.74, 6) is -0.494. The zero-order valence-corrected chi connectivity index (χ0v) is 12.7. The monoisotopic (exact) mass is 325 g/mol. The zero-order valence-electron chi connectivity index (χ0n) is 11.9. The van der Waals surface area contributed by atoms with E-state index in [9.17, 15) is 9.18 Å². The van der Waals surface area contributed by atoms with Crippen molar-refractivity contribution in [2.24, 2.45) is 5.73 Å². The lowest BCUT2D eigenvalue weighted by molar-refractivity contribution is 0.0410. The number of nitrogens with two attached hydrogens (primary N) is 1. The summed E-state index contributed by atoms with van der Waals surface area (Å²) >= 11 is 1.43. The maximum Gasteiger partial charge on any atom is 0.256 e. The summed E-state index contributed by atoms with van der Waals surface area (Å²) in [6.07, 6.45) is 0. The summed E-state index contributed by atoms with van der Waals surface area (Å²) in [5, 5.41) is 0.413. The first-order chi connectivity index (χ1) is 10.6. The lowest BCUT2D eigenvalue weighted by Crippen LogP contribution is -2.37. The van der Waals surface area contributed by atoms with Crippen molar-refractivity contribution in [2.75, 3.05) is 38.6 Å². The van der Waals surface area contributed by atoms with Gasteiger partial charge in [-0.3, -0.25) is 9.69 Å². The number of aromatic nitrogens is 1. The average molecular weight is 325 g/mol. The van der Waals surface area contributed by atoms with Crippen LogP contribution in [0.15, 0.2) is 21.8 Å². The molecule has 118 valence electrons. The van der Waals surface area contributed by atoms with E-state index in [4.69, 9.17) is 14.9 Å². The molecule has 0 bridgehead atoms. The van der Waals surface area contributed by atoms with Crippen LogP contribution in [0.5, 0.6) is 0 Å². The van der Waals surface area contributed by atoms with E-state index in [0.29, 0.717) is 10.7 Å². The van der Waals surface area contributed by atoms with Gasteiger partial charge in [0.1, 0.15) is 11.3 Å². The smallest absolute Gasteiger partial charge is 0.256 e. The van der Waals surface area contributed by atoms with Crippen LogP contribution < -0.4 is 5.73 Å². The van der Waals surface area contributed by atoms with Gasteiger partial charge in [0.25, 0.3) is 11.1 Å². The first kappa shape index (κ1) is 15.3. The summed E-state index contributed by atoms with van der Waals surface area (Å²) in [7, 11) is 0. The van der Waals surface area contributed by atoms with E-state index < -0.39 is 11.7 Å². The normalized spacial score (nSPS) is 16.2. The molecule has 6 nitrogen and oxygen atoms in total. The maximum atomic E-state index is 13.4. The SMILES string of the molecule is NC(=O)c1cc(F)cc2nc(SCCN3CCOCC3)oc12.